The van der Waals surface area contributed by atoms with Crippen LogP contribution in [0.4, 0.5) is 0 Å². The van der Waals surface area contributed by atoms with Crippen LogP contribution in [0.25, 0.3) is 0 Å². The first kappa shape index (κ1) is 7.59. The zero-order chi connectivity index (χ0) is 6.41. The lowest BCUT2D eigenvalue weighted by atomic mass is 10.2. The molecule has 0 N–H and O–H groups in total. The molecule has 0 aliphatic carbocycles. The molecule has 0 aromatic heterocycles. The lowest BCUT2D eigenvalue weighted by Gasteiger charge is -1.82. The highest BCUT2D eigenvalue weighted by Gasteiger charge is 1.76. The van der Waals surface area contributed by atoms with Crippen LogP contribution in [-0.4, -0.2) is 5.88 Å². The predicted molar refractivity (Wildman–Crippen MR) is 37.9 cm³/mol. The van der Waals surface area contributed by atoms with Gasteiger partial charge in [0.05, 0.1) is 5.88 Å². The molecule has 0 radical (unpaired) electrons. The van der Waals surface area contributed by atoms with Gasteiger partial charge in [0, 0.05) is 0 Å². The summed E-state index contributed by atoms with van der Waals surface area (Å²) in [6, 6.07) is 0. The van der Waals surface area contributed by atoms with E-state index < -0.39 is 0 Å². The Morgan fingerprint density at radius 1 is 1.75 bits per heavy atom. The summed E-state index contributed by atoms with van der Waals surface area (Å²) in [5.41, 5.74) is 0.950. The van der Waals surface area contributed by atoms with Gasteiger partial charge in [-0.1, -0.05) is 25.3 Å². The van der Waals surface area contributed by atoms with Gasteiger partial charge in [-0.25, -0.2) is 0 Å². The van der Waals surface area contributed by atoms with Crippen molar-refractivity contribution < 1.29 is 0 Å². The van der Waals surface area contributed by atoms with E-state index in [1.165, 1.54) is 0 Å². The summed E-state index contributed by atoms with van der Waals surface area (Å²) in [5, 5.41) is 0. The fourth-order valence-electron chi connectivity index (χ4n) is 0.247. The molecule has 0 fully saturated rings. The summed E-state index contributed by atoms with van der Waals surface area (Å²) >= 11 is 5.29. The molecule has 0 rings (SSSR count). The molecule has 44 valence electrons. The molecular weight excluding hydrogens is 120 g/mol. The fourth-order valence-corrected chi connectivity index (χ4v) is 0.314. The normalized spacial score (nSPS) is 7.25. The third-order valence-corrected chi connectivity index (χ3v) is 0.892. The van der Waals surface area contributed by atoms with E-state index in [0.717, 1.165) is 12.0 Å². The van der Waals surface area contributed by atoms with E-state index in [4.69, 9.17) is 11.6 Å². The van der Waals surface area contributed by atoms with Gasteiger partial charge in [-0.15, -0.1) is 11.6 Å². The van der Waals surface area contributed by atoms with Crippen molar-refractivity contribution in [1.82, 2.24) is 0 Å². The van der Waals surface area contributed by atoms with Crippen LogP contribution in [0.5, 0.6) is 0 Å². The van der Waals surface area contributed by atoms with Gasteiger partial charge in [-0.3, -0.25) is 0 Å². The van der Waals surface area contributed by atoms with Crippen LogP contribution >= 0.6 is 11.6 Å². The Balaban J connectivity index is 3.52. The average molecular weight is 129 g/mol. The Morgan fingerprint density at radius 3 is 2.75 bits per heavy atom. The number of alkyl halides is 1. The first-order valence-electron chi connectivity index (χ1n) is 2.54. The van der Waals surface area contributed by atoms with Crippen LogP contribution in [0.2, 0.25) is 0 Å². The van der Waals surface area contributed by atoms with Crippen LogP contribution in [0.3, 0.4) is 0 Å². The van der Waals surface area contributed by atoms with Crippen LogP contribution < -0.4 is 0 Å². The van der Waals surface area contributed by atoms with Crippen LogP contribution in [0.15, 0.2) is 12.2 Å². The Bertz CT molecular complexity index is 125. The SMILES string of the molecule is C=C(C#CCCl)CC. The molecule has 0 aliphatic heterocycles. The van der Waals surface area contributed by atoms with Gasteiger partial charge in [0.2, 0.25) is 0 Å². The topological polar surface area (TPSA) is 0 Å². The molecule has 8 heavy (non-hydrogen) atoms. The second-order valence-corrected chi connectivity index (χ2v) is 1.66. The third kappa shape index (κ3) is 3.77. The number of hydrogen-bond donors (Lipinski definition) is 0. The van der Waals surface area contributed by atoms with E-state index in [1.807, 2.05) is 6.92 Å². The minimum Gasteiger partial charge on any atom is -0.113 e. The highest BCUT2D eigenvalue weighted by atomic mass is 35.5. The largest absolute Gasteiger partial charge is 0.113 e. The van der Waals surface area contributed by atoms with Crippen molar-refractivity contribution in [3.8, 4) is 11.8 Å². The van der Waals surface area contributed by atoms with E-state index in [-0.39, 0.29) is 0 Å². The summed E-state index contributed by atoms with van der Waals surface area (Å²) < 4.78 is 0. The van der Waals surface area contributed by atoms with E-state index in [9.17, 15) is 0 Å². The van der Waals surface area contributed by atoms with Crippen molar-refractivity contribution >= 4 is 11.6 Å². The van der Waals surface area contributed by atoms with Crippen molar-refractivity contribution in [3.63, 3.8) is 0 Å². The summed E-state index contributed by atoms with van der Waals surface area (Å²) in [6.45, 7) is 5.70. The standard InChI is InChI=1S/C7H9Cl/c1-3-7(2)5-4-6-8/h2-3,6H2,1H3. The third-order valence-electron chi connectivity index (χ3n) is 0.759. The first-order valence-corrected chi connectivity index (χ1v) is 3.07. The molecule has 0 aromatic carbocycles. The Morgan fingerprint density at radius 2 is 2.38 bits per heavy atom. The Kier molecular flexibility index (Phi) is 4.50. The molecule has 0 spiro atoms. The smallest absolute Gasteiger partial charge is 0.0838 e. The molecule has 0 atom stereocenters. The van der Waals surface area contributed by atoms with Crippen molar-refractivity contribution in [1.29, 1.82) is 0 Å². The lowest BCUT2D eigenvalue weighted by Crippen LogP contribution is -1.69. The van der Waals surface area contributed by atoms with Crippen molar-refractivity contribution in [3.05, 3.63) is 12.2 Å². The molecule has 0 amide bonds. The molecular formula is C7H9Cl. The Labute approximate surface area is 55.5 Å². The molecule has 0 aliphatic rings. The minimum atomic E-state index is 0.402. The first-order chi connectivity index (χ1) is 3.81. The Hall–Kier alpha value is -0.410. The zero-order valence-corrected chi connectivity index (χ0v) is 5.76. The van der Waals surface area contributed by atoms with E-state index >= 15 is 0 Å². The van der Waals surface area contributed by atoms with Crippen LogP contribution in [0, 0.1) is 11.8 Å². The molecule has 0 unspecified atom stereocenters. The van der Waals surface area contributed by atoms with Gasteiger partial charge in [0.25, 0.3) is 0 Å². The summed E-state index contributed by atoms with van der Waals surface area (Å²) in [4.78, 5) is 0. The van der Waals surface area contributed by atoms with Gasteiger partial charge in [0.1, 0.15) is 0 Å². The molecule has 0 nitrogen and oxygen atoms in total. The van der Waals surface area contributed by atoms with Gasteiger partial charge in [-0.2, -0.15) is 0 Å². The summed E-state index contributed by atoms with van der Waals surface area (Å²) in [5.74, 6) is 5.92. The highest BCUT2D eigenvalue weighted by molar-refractivity contribution is 6.19. The molecule has 1 heteroatoms. The van der Waals surface area contributed by atoms with Crippen molar-refractivity contribution in [2.75, 3.05) is 5.88 Å². The molecule has 0 saturated carbocycles. The predicted octanol–water partition coefficient (Wildman–Crippen LogP) is 2.19. The summed E-state index contributed by atoms with van der Waals surface area (Å²) in [6.07, 6.45) is 0.921. The highest BCUT2D eigenvalue weighted by Crippen LogP contribution is 1.91. The van der Waals surface area contributed by atoms with Crippen LogP contribution in [0.1, 0.15) is 13.3 Å². The molecule has 0 saturated heterocycles. The molecule has 0 bridgehead atoms. The van der Waals surface area contributed by atoms with Gasteiger partial charge in [-0.05, 0) is 12.0 Å². The molecule has 0 heterocycles. The van der Waals surface area contributed by atoms with Crippen molar-refractivity contribution in [2.24, 2.45) is 0 Å². The maximum absolute atomic E-state index is 5.29. The second-order valence-electron chi connectivity index (χ2n) is 1.39. The molecule has 0 aromatic rings. The monoisotopic (exact) mass is 128 g/mol. The number of allylic oxidation sites excluding steroid dienone is 1. The van der Waals surface area contributed by atoms with Crippen LogP contribution in [-0.2, 0) is 0 Å². The van der Waals surface area contributed by atoms with Gasteiger partial charge < -0.3 is 0 Å². The maximum Gasteiger partial charge on any atom is 0.0838 e. The van der Waals surface area contributed by atoms with Crippen molar-refractivity contribution in [2.45, 2.75) is 13.3 Å². The van der Waals surface area contributed by atoms with E-state index in [0.29, 0.717) is 5.88 Å². The van der Waals surface area contributed by atoms with E-state index in [2.05, 4.69) is 18.4 Å². The maximum atomic E-state index is 5.29. The summed E-state index contributed by atoms with van der Waals surface area (Å²) in [7, 11) is 0. The zero-order valence-electron chi connectivity index (χ0n) is 5.00. The number of halogens is 1. The minimum absolute atomic E-state index is 0.402. The quantitative estimate of drug-likeness (QED) is 0.375. The fraction of sp³-hybridized carbons (Fsp3) is 0.429. The van der Waals surface area contributed by atoms with Gasteiger partial charge in [0.15, 0.2) is 0 Å². The van der Waals surface area contributed by atoms with Gasteiger partial charge >= 0.3 is 0 Å². The second kappa shape index (κ2) is 4.74. The lowest BCUT2D eigenvalue weighted by molar-refractivity contribution is 1.17. The number of hydrogen-bond acceptors (Lipinski definition) is 0. The number of rotatable bonds is 1. The van der Waals surface area contributed by atoms with E-state index in [1.54, 1.807) is 0 Å². The average Bonchev–Trinajstić information content (AvgIpc) is 1.83.